The van der Waals surface area contributed by atoms with Gasteiger partial charge >= 0.3 is 12.1 Å². The van der Waals surface area contributed by atoms with E-state index in [1.54, 1.807) is 6.08 Å². The number of carboxylic acid groups (broad SMARTS) is 1. The molecule has 0 saturated heterocycles. The van der Waals surface area contributed by atoms with Crippen molar-refractivity contribution in [2.24, 2.45) is 17.8 Å². The van der Waals surface area contributed by atoms with Crippen molar-refractivity contribution in [2.75, 3.05) is 0 Å². The van der Waals surface area contributed by atoms with E-state index in [9.17, 15) is 18.0 Å². The molecular weight excluding hydrogens is 285 g/mol. The fraction of sp³-hybridized carbons (Fsp3) is 0.533. The Bertz CT molecular complexity index is 541. The van der Waals surface area contributed by atoms with Crippen molar-refractivity contribution < 1.29 is 27.8 Å². The van der Waals surface area contributed by atoms with E-state index in [0.29, 0.717) is 5.57 Å². The average Bonchev–Trinajstić information content (AvgIpc) is 2.36. The highest BCUT2D eigenvalue weighted by atomic mass is 19.4. The number of hydrogen-bond donors (Lipinski definition) is 1. The van der Waals surface area contributed by atoms with E-state index in [4.69, 9.17) is 9.84 Å². The van der Waals surface area contributed by atoms with E-state index in [0.717, 1.165) is 0 Å². The van der Waals surface area contributed by atoms with Crippen molar-refractivity contribution in [3.05, 3.63) is 35.1 Å². The molecule has 1 N–H and O–H groups in total. The van der Waals surface area contributed by atoms with E-state index in [1.165, 1.54) is 6.08 Å². The summed E-state index contributed by atoms with van der Waals surface area (Å²) in [5, 5.41) is 9.04. The molecule has 3 nitrogen and oxygen atoms in total. The molecule has 0 saturated carbocycles. The number of alkyl halides is 3. The summed E-state index contributed by atoms with van der Waals surface area (Å²) in [4.78, 5) is 11.1. The zero-order chi connectivity index (χ0) is 15.9. The average molecular weight is 302 g/mol. The van der Waals surface area contributed by atoms with Gasteiger partial charge in [0.25, 0.3) is 0 Å². The van der Waals surface area contributed by atoms with Crippen molar-refractivity contribution in [3.8, 4) is 0 Å². The lowest BCUT2D eigenvalue weighted by Crippen LogP contribution is -2.41. The molecule has 0 spiro atoms. The maximum absolute atomic E-state index is 13.1. The molecule has 3 unspecified atom stereocenters. The number of carbonyl (C=O) groups is 1. The van der Waals surface area contributed by atoms with E-state index < -0.39 is 29.7 Å². The Morgan fingerprint density at radius 2 is 2.00 bits per heavy atom. The first kappa shape index (κ1) is 15.7. The van der Waals surface area contributed by atoms with Crippen molar-refractivity contribution in [1.82, 2.24) is 0 Å². The van der Waals surface area contributed by atoms with E-state index >= 15 is 0 Å². The monoisotopic (exact) mass is 302 g/mol. The van der Waals surface area contributed by atoms with Gasteiger partial charge in [0.15, 0.2) is 0 Å². The van der Waals surface area contributed by atoms with Gasteiger partial charge in [-0.3, -0.25) is 0 Å². The number of aliphatic carboxylic acids is 1. The Morgan fingerprint density at radius 3 is 2.48 bits per heavy atom. The molecular formula is C15H17F3O3. The topological polar surface area (TPSA) is 46.5 Å². The van der Waals surface area contributed by atoms with Crippen LogP contribution in [0.1, 0.15) is 20.8 Å². The number of halogens is 3. The molecule has 0 aromatic carbocycles. The fourth-order valence-electron chi connectivity index (χ4n) is 2.64. The number of ether oxygens (including phenoxy) is 1. The zero-order valence-corrected chi connectivity index (χ0v) is 11.9. The van der Waals surface area contributed by atoms with Gasteiger partial charge in [-0.2, -0.15) is 13.2 Å². The van der Waals surface area contributed by atoms with Gasteiger partial charge < -0.3 is 9.84 Å². The van der Waals surface area contributed by atoms with Gasteiger partial charge in [-0.1, -0.05) is 39.0 Å². The lowest BCUT2D eigenvalue weighted by Gasteiger charge is -2.37. The Kier molecular flexibility index (Phi) is 3.91. The summed E-state index contributed by atoms with van der Waals surface area (Å²) in [5.41, 5.74) is -0.0467. The summed E-state index contributed by atoms with van der Waals surface area (Å²) < 4.78 is 44.3. The minimum Gasteiger partial charge on any atom is -0.479 e. The summed E-state index contributed by atoms with van der Waals surface area (Å²) in [6, 6.07) is 0. The van der Waals surface area contributed by atoms with Crippen LogP contribution in [0, 0.1) is 17.8 Å². The van der Waals surface area contributed by atoms with E-state index in [-0.39, 0.29) is 17.6 Å². The second-order valence-electron chi connectivity index (χ2n) is 5.68. The van der Waals surface area contributed by atoms with Gasteiger partial charge in [0.2, 0.25) is 6.10 Å². The van der Waals surface area contributed by atoms with Gasteiger partial charge in [-0.15, -0.1) is 0 Å². The molecule has 0 radical (unpaired) electrons. The lowest BCUT2D eigenvalue weighted by molar-refractivity contribution is -0.204. The van der Waals surface area contributed by atoms with Crippen LogP contribution in [-0.4, -0.2) is 23.4 Å². The van der Waals surface area contributed by atoms with E-state index in [2.05, 4.69) is 0 Å². The lowest BCUT2D eigenvalue weighted by atomic mass is 9.79. The summed E-state index contributed by atoms with van der Waals surface area (Å²) in [6.45, 7) is 5.55. The van der Waals surface area contributed by atoms with Crippen molar-refractivity contribution in [2.45, 2.75) is 33.1 Å². The van der Waals surface area contributed by atoms with Crippen molar-refractivity contribution in [1.29, 1.82) is 0 Å². The molecule has 0 fully saturated rings. The number of allylic oxidation sites excluding steroid dienone is 4. The molecule has 2 rings (SSSR count). The number of fused-ring (bicyclic) bond motifs is 1. The molecule has 6 heteroatoms. The maximum atomic E-state index is 13.1. The predicted molar refractivity (Wildman–Crippen MR) is 70.3 cm³/mol. The third-order valence-electron chi connectivity index (χ3n) is 3.79. The molecule has 2 aliphatic rings. The van der Waals surface area contributed by atoms with Gasteiger partial charge in [-0.25, -0.2) is 4.79 Å². The zero-order valence-electron chi connectivity index (χ0n) is 11.9. The molecule has 0 bridgehead atoms. The van der Waals surface area contributed by atoms with Gasteiger partial charge in [0.05, 0.1) is 5.57 Å². The van der Waals surface area contributed by atoms with Gasteiger partial charge in [0.1, 0.15) is 5.76 Å². The smallest absolute Gasteiger partial charge is 0.429 e. The fourth-order valence-corrected chi connectivity index (χ4v) is 2.64. The highest BCUT2D eigenvalue weighted by molar-refractivity contribution is 5.88. The van der Waals surface area contributed by atoms with Crippen LogP contribution in [0.2, 0.25) is 0 Å². The summed E-state index contributed by atoms with van der Waals surface area (Å²) >= 11 is 0. The molecule has 1 aliphatic heterocycles. The van der Waals surface area contributed by atoms with Gasteiger partial charge in [-0.05, 0) is 17.4 Å². The molecule has 1 aliphatic carbocycles. The molecule has 0 amide bonds. The van der Waals surface area contributed by atoms with Crippen LogP contribution in [0.25, 0.3) is 0 Å². The van der Waals surface area contributed by atoms with Crippen LogP contribution in [0.3, 0.4) is 0 Å². The SMILES string of the molecule is CC(C)C1=C2OC(C(F)(F)F)C(C(=O)O)=CC2C(C)C=C1. The van der Waals surface area contributed by atoms with Crippen molar-refractivity contribution >= 4 is 5.97 Å². The first-order chi connectivity index (χ1) is 9.62. The Hall–Kier alpha value is -1.72. The Morgan fingerprint density at radius 1 is 1.38 bits per heavy atom. The highest BCUT2D eigenvalue weighted by Gasteiger charge is 2.50. The minimum atomic E-state index is -4.76. The molecule has 3 atom stereocenters. The standard InChI is InChI=1S/C15H17F3O3/c1-7(2)9-5-4-8(3)10-6-11(14(19)20)13(15(16,17)18)21-12(9)10/h4-8,10,13H,1-3H3,(H,19,20). The van der Waals surface area contributed by atoms with E-state index in [1.807, 2.05) is 26.8 Å². The highest BCUT2D eigenvalue weighted by Crippen LogP contribution is 2.43. The predicted octanol–water partition coefficient (Wildman–Crippen LogP) is 3.69. The largest absolute Gasteiger partial charge is 0.479 e. The van der Waals surface area contributed by atoms with Crippen LogP contribution in [0.4, 0.5) is 13.2 Å². The quantitative estimate of drug-likeness (QED) is 0.846. The molecule has 21 heavy (non-hydrogen) atoms. The normalized spacial score (nSPS) is 29.1. The summed E-state index contributed by atoms with van der Waals surface area (Å²) in [5.74, 6) is -1.92. The van der Waals surface area contributed by atoms with Crippen LogP contribution >= 0.6 is 0 Å². The molecule has 0 aromatic rings. The van der Waals surface area contributed by atoms with Gasteiger partial charge in [0, 0.05) is 5.92 Å². The third kappa shape index (κ3) is 2.84. The van der Waals surface area contributed by atoms with Crippen LogP contribution in [0.5, 0.6) is 0 Å². The number of rotatable bonds is 2. The third-order valence-corrected chi connectivity index (χ3v) is 3.79. The van der Waals surface area contributed by atoms with Crippen LogP contribution < -0.4 is 0 Å². The Labute approximate surface area is 120 Å². The van der Waals surface area contributed by atoms with Crippen LogP contribution in [0.15, 0.2) is 35.1 Å². The summed E-state index contributed by atoms with van der Waals surface area (Å²) in [6.07, 6.45) is -2.33. The minimum absolute atomic E-state index is 0.0000817. The first-order valence-corrected chi connectivity index (χ1v) is 6.73. The number of hydrogen-bond acceptors (Lipinski definition) is 2. The molecule has 0 aromatic heterocycles. The van der Waals surface area contributed by atoms with Crippen LogP contribution in [-0.2, 0) is 9.53 Å². The Balaban J connectivity index is 2.56. The maximum Gasteiger partial charge on any atom is 0.429 e. The summed E-state index contributed by atoms with van der Waals surface area (Å²) in [7, 11) is 0. The second kappa shape index (κ2) is 5.24. The first-order valence-electron chi connectivity index (χ1n) is 6.73. The molecule has 1 heterocycles. The second-order valence-corrected chi connectivity index (χ2v) is 5.68. The molecule has 116 valence electrons. The van der Waals surface area contributed by atoms with Crippen molar-refractivity contribution in [3.63, 3.8) is 0 Å². The number of carboxylic acids is 1.